The summed E-state index contributed by atoms with van der Waals surface area (Å²) < 4.78 is 0. The zero-order valence-corrected chi connectivity index (χ0v) is 18.1. The van der Waals surface area contributed by atoms with E-state index < -0.39 is 0 Å². The molecule has 1 aliphatic heterocycles. The Balaban J connectivity index is 0.00000105. The lowest BCUT2D eigenvalue weighted by Gasteiger charge is -2.46. The summed E-state index contributed by atoms with van der Waals surface area (Å²) in [6, 6.07) is 1.20. The van der Waals surface area contributed by atoms with Crippen molar-refractivity contribution in [3.63, 3.8) is 0 Å². The predicted octanol–water partition coefficient (Wildman–Crippen LogP) is 3.32. The van der Waals surface area contributed by atoms with Crippen LogP contribution in [0.2, 0.25) is 0 Å². The van der Waals surface area contributed by atoms with Gasteiger partial charge in [0.1, 0.15) is 0 Å². The van der Waals surface area contributed by atoms with Crippen molar-refractivity contribution in [1.29, 1.82) is 0 Å². The zero-order chi connectivity index (χ0) is 17.0. The number of carbonyl (C=O) groups is 1. The molecule has 0 aromatic heterocycles. The highest BCUT2D eigenvalue weighted by molar-refractivity contribution is 5.85. The van der Waals surface area contributed by atoms with Crippen LogP contribution in [0.4, 0.5) is 0 Å². The summed E-state index contributed by atoms with van der Waals surface area (Å²) in [5.41, 5.74) is 6.41. The minimum Gasteiger partial charge on any atom is -0.340 e. The second kappa shape index (κ2) is 8.77. The van der Waals surface area contributed by atoms with Crippen molar-refractivity contribution in [1.82, 2.24) is 9.80 Å². The van der Waals surface area contributed by atoms with Crippen LogP contribution in [0, 0.1) is 29.6 Å². The highest BCUT2D eigenvalue weighted by Gasteiger charge is 2.44. The summed E-state index contributed by atoms with van der Waals surface area (Å²) in [7, 11) is 0. The molecule has 1 heterocycles. The maximum Gasteiger partial charge on any atom is 0.225 e. The van der Waals surface area contributed by atoms with Gasteiger partial charge in [-0.15, -0.1) is 24.8 Å². The highest BCUT2D eigenvalue weighted by atomic mass is 35.5. The number of hydrogen-bond acceptors (Lipinski definition) is 3. The number of piperazine rings is 1. The van der Waals surface area contributed by atoms with E-state index in [1.165, 1.54) is 44.9 Å². The molecule has 6 heteroatoms. The third-order valence-corrected chi connectivity index (χ3v) is 8.56. The van der Waals surface area contributed by atoms with E-state index >= 15 is 0 Å². The van der Waals surface area contributed by atoms with Crippen LogP contribution in [0.25, 0.3) is 0 Å². The average molecular weight is 418 g/mol. The Kier molecular flexibility index (Phi) is 7.04. The number of nitrogens with two attached hydrogens (primary N) is 1. The standard InChI is InChI=1S/C21H35N3O.2ClH/c22-20-16-2-1-3-17(20)13-18(12-16)21(25)24-8-6-23(7-9-24)19-11-14-4-5-15(19)10-14;;/h14-20H,1-13,22H2;2*1H. The Morgan fingerprint density at radius 2 is 1.44 bits per heavy atom. The number of halogens is 2. The highest BCUT2D eigenvalue weighted by Crippen LogP contribution is 2.47. The molecule has 5 rings (SSSR count). The van der Waals surface area contributed by atoms with Crippen molar-refractivity contribution in [3.05, 3.63) is 0 Å². The number of hydrogen-bond donors (Lipinski definition) is 1. The number of amides is 1. The Hall–Kier alpha value is -0.0300. The molecule has 27 heavy (non-hydrogen) atoms. The van der Waals surface area contributed by atoms with E-state index in [0.717, 1.165) is 56.9 Å². The van der Waals surface area contributed by atoms with E-state index in [4.69, 9.17) is 5.73 Å². The molecule has 5 aliphatic rings. The molecule has 4 aliphatic carbocycles. The lowest BCUT2D eigenvalue weighted by Crippen LogP contribution is -2.55. The first-order chi connectivity index (χ1) is 12.2. The van der Waals surface area contributed by atoms with Crippen molar-refractivity contribution in [2.24, 2.45) is 35.3 Å². The Morgan fingerprint density at radius 1 is 0.778 bits per heavy atom. The molecule has 0 radical (unpaired) electrons. The predicted molar refractivity (Wildman–Crippen MR) is 113 cm³/mol. The van der Waals surface area contributed by atoms with Crippen molar-refractivity contribution in [2.45, 2.75) is 69.9 Å². The average Bonchev–Trinajstić information content (AvgIpc) is 3.24. The first-order valence-corrected chi connectivity index (χ1v) is 11.0. The van der Waals surface area contributed by atoms with Gasteiger partial charge in [-0.25, -0.2) is 0 Å². The molecule has 0 aromatic carbocycles. The number of rotatable bonds is 2. The van der Waals surface area contributed by atoms with Crippen LogP contribution in [0.1, 0.15) is 57.8 Å². The van der Waals surface area contributed by atoms with E-state index in [0.29, 0.717) is 23.8 Å². The molecule has 4 nitrogen and oxygen atoms in total. The van der Waals surface area contributed by atoms with Crippen molar-refractivity contribution >= 4 is 30.7 Å². The number of carbonyl (C=O) groups excluding carboxylic acids is 1. The van der Waals surface area contributed by atoms with Crippen molar-refractivity contribution in [2.75, 3.05) is 26.2 Å². The summed E-state index contributed by atoms with van der Waals surface area (Å²) in [5.74, 6) is 3.92. The second-order valence-electron chi connectivity index (χ2n) is 9.80. The zero-order valence-electron chi connectivity index (χ0n) is 16.4. The minimum absolute atomic E-state index is 0. The SMILES string of the molecule is Cl.Cl.NC1C2CCCC1CC(C(=O)N1CCN(C3CC4CCC3C4)CC1)C2. The molecular formula is C21H37Cl2N3O. The van der Waals surface area contributed by atoms with Gasteiger partial charge >= 0.3 is 0 Å². The topological polar surface area (TPSA) is 49.6 Å². The fourth-order valence-corrected chi connectivity index (χ4v) is 7.18. The maximum absolute atomic E-state index is 13.1. The second-order valence-corrected chi connectivity index (χ2v) is 9.80. The molecule has 1 saturated heterocycles. The van der Waals surface area contributed by atoms with Gasteiger partial charge in [-0.05, 0) is 68.6 Å². The smallest absolute Gasteiger partial charge is 0.225 e. The molecule has 2 N–H and O–H groups in total. The molecule has 4 bridgehead atoms. The largest absolute Gasteiger partial charge is 0.340 e. The molecule has 5 atom stereocenters. The van der Waals surface area contributed by atoms with Crippen molar-refractivity contribution < 1.29 is 4.79 Å². The van der Waals surface area contributed by atoms with E-state index in [-0.39, 0.29) is 30.7 Å². The quantitative estimate of drug-likeness (QED) is 0.749. The van der Waals surface area contributed by atoms with E-state index in [9.17, 15) is 4.79 Å². The molecule has 4 saturated carbocycles. The van der Waals surface area contributed by atoms with E-state index in [1.54, 1.807) is 0 Å². The molecule has 0 spiro atoms. The van der Waals surface area contributed by atoms with Gasteiger partial charge in [-0.1, -0.05) is 12.8 Å². The normalized spacial score (nSPS) is 43.7. The molecule has 156 valence electrons. The van der Waals surface area contributed by atoms with E-state index in [1.807, 2.05) is 0 Å². The third kappa shape index (κ3) is 4.01. The van der Waals surface area contributed by atoms with Gasteiger partial charge in [0.05, 0.1) is 0 Å². The Morgan fingerprint density at radius 3 is 2.00 bits per heavy atom. The summed E-state index contributed by atoms with van der Waals surface area (Å²) >= 11 is 0. The lowest BCUT2D eigenvalue weighted by atomic mass is 9.65. The first-order valence-electron chi connectivity index (χ1n) is 11.0. The van der Waals surface area contributed by atoms with E-state index in [2.05, 4.69) is 9.80 Å². The van der Waals surface area contributed by atoms with Gasteiger partial charge in [0.2, 0.25) is 5.91 Å². The van der Waals surface area contributed by atoms with Gasteiger partial charge in [0, 0.05) is 44.2 Å². The van der Waals surface area contributed by atoms with Crippen LogP contribution in [-0.2, 0) is 4.79 Å². The van der Waals surface area contributed by atoms with Crippen LogP contribution in [0.15, 0.2) is 0 Å². The maximum atomic E-state index is 13.1. The molecular weight excluding hydrogens is 381 g/mol. The monoisotopic (exact) mass is 417 g/mol. The number of nitrogens with zero attached hydrogens (tertiary/aromatic N) is 2. The van der Waals surface area contributed by atoms with Gasteiger partial charge in [0.15, 0.2) is 0 Å². The Labute approximate surface area is 176 Å². The summed E-state index contributed by atoms with van der Waals surface area (Å²) in [4.78, 5) is 18.0. The Bertz CT molecular complexity index is 512. The van der Waals surface area contributed by atoms with Crippen LogP contribution in [0.3, 0.4) is 0 Å². The molecule has 0 aromatic rings. The minimum atomic E-state index is 0. The summed E-state index contributed by atoms with van der Waals surface area (Å²) in [5, 5.41) is 0. The van der Waals surface area contributed by atoms with Crippen LogP contribution >= 0.6 is 24.8 Å². The van der Waals surface area contributed by atoms with Crippen LogP contribution in [0.5, 0.6) is 0 Å². The summed E-state index contributed by atoms with van der Waals surface area (Å²) in [6.45, 7) is 4.15. The summed E-state index contributed by atoms with van der Waals surface area (Å²) in [6.07, 6.45) is 11.8. The first kappa shape index (κ1) is 21.7. The lowest BCUT2D eigenvalue weighted by molar-refractivity contribution is -0.140. The van der Waals surface area contributed by atoms with Crippen LogP contribution in [-0.4, -0.2) is 54.0 Å². The fourth-order valence-electron chi connectivity index (χ4n) is 7.18. The molecule has 5 unspecified atom stereocenters. The van der Waals surface area contributed by atoms with Crippen molar-refractivity contribution in [3.8, 4) is 0 Å². The van der Waals surface area contributed by atoms with Gasteiger partial charge < -0.3 is 10.6 Å². The van der Waals surface area contributed by atoms with Crippen LogP contribution < -0.4 is 5.73 Å². The van der Waals surface area contributed by atoms with Gasteiger partial charge in [0.25, 0.3) is 0 Å². The fraction of sp³-hybridized carbons (Fsp3) is 0.952. The molecule has 5 fully saturated rings. The number of fused-ring (bicyclic) bond motifs is 4. The van der Waals surface area contributed by atoms with Gasteiger partial charge in [-0.3, -0.25) is 9.69 Å². The molecule has 1 amide bonds. The third-order valence-electron chi connectivity index (χ3n) is 8.56. The van der Waals surface area contributed by atoms with Gasteiger partial charge in [-0.2, -0.15) is 0 Å².